The van der Waals surface area contributed by atoms with Crippen LogP contribution in [0.25, 0.3) is 0 Å². The molecule has 0 aliphatic carbocycles. The molecule has 0 bridgehead atoms. The lowest BCUT2D eigenvalue weighted by molar-refractivity contribution is 0.190. The Morgan fingerprint density at radius 3 is 3.21 bits per heavy atom. The van der Waals surface area contributed by atoms with Crippen LogP contribution in [0.2, 0.25) is 0 Å². The van der Waals surface area contributed by atoms with E-state index in [1.807, 2.05) is 4.57 Å². The number of hydrogen-bond acceptors (Lipinski definition) is 4. The number of aryl methyl sites for hydroxylation is 1. The number of nitrogens with zero attached hydrogens (tertiary/aromatic N) is 3. The summed E-state index contributed by atoms with van der Waals surface area (Å²) in [7, 11) is 1.65. The molecule has 6 nitrogen and oxygen atoms in total. The molecule has 0 radical (unpaired) electrons. The van der Waals surface area contributed by atoms with Crippen molar-refractivity contribution in [2.24, 2.45) is 10.9 Å². The van der Waals surface area contributed by atoms with E-state index in [0.29, 0.717) is 12.4 Å². The average Bonchev–Trinajstić information content (AvgIpc) is 2.65. The molecular weight excluding hydrogens is 184 g/mol. The summed E-state index contributed by atoms with van der Waals surface area (Å²) in [6, 6.07) is 0. The topological polar surface area (TPSA) is 85.7 Å². The maximum absolute atomic E-state index is 8.49. The van der Waals surface area contributed by atoms with Gasteiger partial charge in [-0.15, -0.1) is 0 Å². The van der Waals surface area contributed by atoms with E-state index in [4.69, 9.17) is 15.7 Å². The molecule has 0 fully saturated rings. The quantitative estimate of drug-likeness (QED) is 0.229. The van der Waals surface area contributed by atoms with E-state index in [1.165, 1.54) is 0 Å². The van der Waals surface area contributed by atoms with E-state index in [9.17, 15) is 0 Å². The zero-order chi connectivity index (χ0) is 10.4. The molecule has 0 aliphatic heterocycles. The Morgan fingerprint density at radius 1 is 1.79 bits per heavy atom. The van der Waals surface area contributed by atoms with Crippen LogP contribution in [-0.4, -0.2) is 34.3 Å². The lowest BCUT2D eigenvalue weighted by atomic mass is 10.4. The van der Waals surface area contributed by atoms with Crippen molar-refractivity contribution in [3.63, 3.8) is 0 Å². The number of nitrogens with two attached hydrogens (primary N) is 1. The summed E-state index contributed by atoms with van der Waals surface area (Å²) in [5, 5.41) is 11.4. The maximum atomic E-state index is 8.49. The van der Waals surface area contributed by atoms with Crippen LogP contribution in [0.15, 0.2) is 17.5 Å². The van der Waals surface area contributed by atoms with E-state index >= 15 is 0 Å². The summed E-state index contributed by atoms with van der Waals surface area (Å²) >= 11 is 0. The van der Waals surface area contributed by atoms with Gasteiger partial charge in [0, 0.05) is 32.7 Å². The lowest BCUT2D eigenvalue weighted by Gasteiger charge is -2.05. The van der Waals surface area contributed by atoms with Gasteiger partial charge in [-0.2, -0.15) is 0 Å². The molecule has 0 aliphatic rings. The normalized spacial score (nSPS) is 11.9. The lowest BCUT2D eigenvalue weighted by Crippen LogP contribution is -2.19. The molecule has 0 unspecified atom stereocenters. The van der Waals surface area contributed by atoms with Crippen LogP contribution in [0.3, 0.4) is 0 Å². The minimum atomic E-state index is 0.0208. The minimum Gasteiger partial charge on any atom is -0.409 e. The number of hydrogen-bond donors (Lipinski definition) is 2. The number of aromatic nitrogens is 2. The molecule has 1 heterocycles. The van der Waals surface area contributed by atoms with E-state index < -0.39 is 0 Å². The molecule has 0 aromatic carbocycles. The minimum absolute atomic E-state index is 0.0208. The van der Waals surface area contributed by atoms with Gasteiger partial charge in [0.15, 0.2) is 5.82 Å². The van der Waals surface area contributed by atoms with Crippen LogP contribution in [0, 0.1) is 0 Å². The fourth-order valence-corrected chi connectivity index (χ4v) is 1.15. The van der Waals surface area contributed by atoms with E-state index in [2.05, 4.69) is 10.1 Å². The van der Waals surface area contributed by atoms with E-state index in [1.54, 1.807) is 19.5 Å². The number of amidine groups is 1. The van der Waals surface area contributed by atoms with Gasteiger partial charge in [0.2, 0.25) is 5.84 Å². The first kappa shape index (κ1) is 10.5. The third-order valence-corrected chi connectivity index (χ3v) is 1.80. The molecule has 1 rings (SSSR count). The summed E-state index contributed by atoms with van der Waals surface area (Å²) in [4.78, 5) is 3.97. The third-order valence-electron chi connectivity index (χ3n) is 1.80. The standard InChI is InChI=1S/C8H14N4O2/c1-14-6-2-4-12-5-3-10-8(12)7(9)11-13/h3,5,13H,2,4,6H2,1H3,(H2,9,11). The number of oxime groups is 1. The smallest absolute Gasteiger partial charge is 0.206 e. The van der Waals surface area contributed by atoms with Crippen LogP contribution < -0.4 is 5.73 Å². The van der Waals surface area contributed by atoms with Crippen LogP contribution in [0.5, 0.6) is 0 Å². The second-order valence-electron chi connectivity index (χ2n) is 2.78. The highest BCUT2D eigenvalue weighted by molar-refractivity contribution is 5.93. The van der Waals surface area contributed by atoms with Crippen molar-refractivity contribution in [1.82, 2.24) is 9.55 Å². The molecule has 1 aromatic rings. The van der Waals surface area contributed by atoms with Crippen molar-refractivity contribution in [2.45, 2.75) is 13.0 Å². The Hall–Kier alpha value is -1.56. The molecular formula is C8H14N4O2. The summed E-state index contributed by atoms with van der Waals surface area (Å²) in [6.07, 6.45) is 4.25. The molecule has 14 heavy (non-hydrogen) atoms. The van der Waals surface area contributed by atoms with Gasteiger partial charge in [-0.1, -0.05) is 5.16 Å². The monoisotopic (exact) mass is 198 g/mol. The highest BCUT2D eigenvalue weighted by Crippen LogP contribution is 1.99. The zero-order valence-electron chi connectivity index (χ0n) is 8.05. The van der Waals surface area contributed by atoms with Crippen LogP contribution in [0.4, 0.5) is 0 Å². The van der Waals surface area contributed by atoms with Gasteiger partial charge in [0.25, 0.3) is 0 Å². The summed E-state index contributed by atoms with van der Waals surface area (Å²) in [5.74, 6) is 0.496. The first-order valence-electron chi connectivity index (χ1n) is 4.27. The Bertz CT molecular complexity index is 308. The van der Waals surface area contributed by atoms with Gasteiger partial charge in [-0.05, 0) is 6.42 Å². The largest absolute Gasteiger partial charge is 0.409 e. The molecule has 3 N–H and O–H groups in total. The average molecular weight is 198 g/mol. The molecule has 0 spiro atoms. The fraction of sp³-hybridized carbons (Fsp3) is 0.500. The summed E-state index contributed by atoms with van der Waals surface area (Å²) in [5.41, 5.74) is 5.43. The van der Waals surface area contributed by atoms with Crippen molar-refractivity contribution in [3.05, 3.63) is 18.2 Å². The Labute approximate surface area is 82.0 Å². The van der Waals surface area contributed by atoms with Crippen LogP contribution in [0.1, 0.15) is 12.2 Å². The summed E-state index contributed by atoms with van der Waals surface area (Å²) < 4.78 is 6.74. The summed E-state index contributed by atoms with van der Waals surface area (Å²) in [6.45, 7) is 1.41. The predicted molar refractivity (Wildman–Crippen MR) is 51.2 cm³/mol. The Kier molecular flexibility index (Phi) is 3.93. The molecule has 0 saturated carbocycles. The highest BCUT2D eigenvalue weighted by atomic mass is 16.5. The second kappa shape index (κ2) is 5.23. The molecule has 0 saturated heterocycles. The molecule has 1 aromatic heterocycles. The molecule has 78 valence electrons. The SMILES string of the molecule is COCCCn1ccnc1C(N)=NO. The fourth-order valence-electron chi connectivity index (χ4n) is 1.15. The van der Waals surface area contributed by atoms with E-state index in [-0.39, 0.29) is 5.84 Å². The first-order chi connectivity index (χ1) is 6.79. The van der Waals surface area contributed by atoms with Crippen molar-refractivity contribution in [3.8, 4) is 0 Å². The predicted octanol–water partition coefficient (Wildman–Crippen LogP) is 0.0141. The van der Waals surface area contributed by atoms with Gasteiger partial charge >= 0.3 is 0 Å². The van der Waals surface area contributed by atoms with Crippen molar-refractivity contribution < 1.29 is 9.94 Å². The molecule has 6 heteroatoms. The van der Waals surface area contributed by atoms with Crippen molar-refractivity contribution >= 4 is 5.84 Å². The number of methoxy groups -OCH3 is 1. The van der Waals surface area contributed by atoms with Crippen LogP contribution >= 0.6 is 0 Å². The van der Waals surface area contributed by atoms with Gasteiger partial charge in [-0.25, -0.2) is 4.98 Å². The van der Waals surface area contributed by atoms with E-state index in [0.717, 1.165) is 13.0 Å². The second-order valence-corrected chi connectivity index (χ2v) is 2.78. The zero-order valence-corrected chi connectivity index (χ0v) is 8.05. The first-order valence-corrected chi connectivity index (χ1v) is 4.27. The van der Waals surface area contributed by atoms with Crippen LogP contribution in [-0.2, 0) is 11.3 Å². The number of rotatable bonds is 5. The maximum Gasteiger partial charge on any atom is 0.206 e. The van der Waals surface area contributed by atoms with Gasteiger partial charge < -0.3 is 20.2 Å². The van der Waals surface area contributed by atoms with Gasteiger partial charge in [-0.3, -0.25) is 0 Å². The van der Waals surface area contributed by atoms with Gasteiger partial charge in [0.1, 0.15) is 0 Å². The highest BCUT2D eigenvalue weighted by Gasteiger charge is 2.06. The Balaban J connectivity index is 2.63. The number of imidazole rings is 1. The van der Waals surface area contributed by atoms with Gasteiger partial charge in [0.05, 0.1) is 0 Å². The molecule has 0 atom stereocenters. The Morgan fingerprint density at radius 2 is 2.57 bits per heavy atom. The number of ether oxygens (including phenoxy) is 1. The van der Waals surface area contributed by atoms with Crippen molar-refractivity contribution in [1.29, 1.82) is 0 Å². The third kappa shape index (κ3) is 2.46. The van der Waals surface area contributed by atoms with Crippen molar-refractivity contribution in [2.75, 3.05) is 13.7 Å². The molecule has 0 amide bonds.